The van der Waals surface area contributed by atoms with Crippen molar-refractivity contribution in [2.75, 3.05) is 0 Å². The van der Waals surface area contributed by atoms with E-state index in [0.717, 1.165) is 35.4 Å². The lowest BCUT2D eigenvalue weighted by Gasteiger charge is -2.07. The van der Waals surface area contributed by atoms with Crippen molar-refractivity contribution in [1.82, 2.24) is 0 Å². The van der Waals surface area contributed by atoms with Crippen molar-refractivity contribution in [1.29, 1.82) is 0 Å². The topological polar surface area (TPSA) is 43.1 Å². The van der Waals surface area contributed by atoms with Gasteiger partial charge in [-0.25, -0.2) is 0 Å². The molecule has 0 saturated carbocycles. The predicted molar refractivity (Wildman–Crippen MR) is 104 cm³/mol. The van der Waals surface area contributed by atoms with Crippen LogP contribution >= 0.6 is 11.6 Å². The molecule has 0 aliphatic rings. The van der Waals surface area contributed by atoms with E-state index in [2.05, 4.69) is 30.3 Å². The molecule has 3 aromatic carbocycles. The van der Waals surface area contributed by atoms with E-state index in [-0.39, 0.29) is 0 Å². The predicted octanol–water partition coefficient (Wildman–Crippen LogP) is 5.28. The molecule has 2 N–H and O–H groups in total. The van der Waals surface area contributed by atoms with Crippen molar-refractivity contribution in [2.45, 2.75) is 19.3 Å². The summed E-state index contributed by atoms with van der Waals surface area (Å²) in [5.74, 6) is -0.405. The van der Waals surface area contributed by atoms with Crippen LogP contribution in [0.5, 0.6) is 0 Å². The van der Waals surface area contributed by atoms with Gasteiger partial charge in [0.05, 0.1) is 0 Å². The fourth-order valence-electron chi connectivity index (χ4n) is 2.90. The van der Waals surface area contributed by atoms with E-state index in [1.807, 2.05) is 36.4 Å². The van der Waals surface area contributed by atoms with Crippen molar-refractivity contribution in [3.05, 3.63) is 94.5 Å². The molecule has 1 amide bonds. The molecule has 0 aliphatic heterocycles. The third-order valence-corrected chi connectivity index (χ3v) is 4.67. The van der Waals surface area contributed by atoms with Crippen LogP contribution in [0.3, 0.4) is 0 Å². The normalized spacial score (nSPS) is 10.6. The molecular weight excluding hydrogens is 330 g/mol. The van der Waals surface area contributed by atoms with Crippen LogP contribution in [0.2, 0.25) is 5.02 Å². The molecule has 3 heteroatoms. The zero-order chi connectivity index (χ0) is 17.6. The number of hydrogen-bond donors (Lipinski definition) is 1. The lowest BCUT2D eigenvalue weighted by molar-refractivity contribution is 0.100. The Labute approximate surface area is 153 Å². The first kappa shape index (κ1) is 17.2. The van der Waals surface area contributed by atoms with Gasteiger partial charge in [0.15, 0.2) is 0 Å². The average Bonchev–Trinajstić information content (AvgIpc) is 2.64. The molecule has 0 unspecified atom stereocenters. The largest absolute Gasteiger partial charge is 0.366 e. The summed E-state index contributed by atoms with van der Waals surface area (Å²) in [4.78, 5) is 11.3. The van der Waals surface area contributed by atoms with Crippen molar-refractivity contribution in [3.63, 3.8) is 0 Å². The number of carbonyl (C=O) groups excluding carboxylic acids is 1. The Balaban J connectivity index is 1.63. The molecule has 0 fully saturated rings. The number of benzene rings is 3. The Morgan fingerprint density at radius 1 is 0.840 bits per heavy atom. The van der Waals surface area contributed by atoms with Gasteiger partial charge < -0.3 is 5.73 Å². The maximum absolute atomic E-state index is 11.3. The van der Waals surface area contributed by atoms with Crippen LogP contribution in [0, 0.1) is 0 Å². The molecule has 3 rings (SSSR count). The maximum Gasteiger partial charge on any atom is 0.248 e. The number of aryl methyl sites for hydroxylation is 2. The standard InChI is InChI=1S/C22H20ClNO/c23-21-10-2-1-6-18(21)7-3-5-16-11-13-17(14-12-16)19-8-4-9-20(15-19)22(24)25/h1-2,4,6,8-15H,3,5,7H2,(H2,24,25). The summed E-state index contributed by atoms with van der Waals surface area (Å²) in [6, 6.07) is 23.8. The number of halogens is 1. The van der Waals surface area contributed by atoms with E-state index < -0.39 is 5.91 Å². The Kier molecular flexibility index (Phi) is 5.52. The minimum absolute atomic E-state index is 0.405. The van der Waals surface area contributed by atoms with E-state index in [0.29, 0.717) is 5.56 Å². The minimum atomic E-state index is -0.405. The zero-order valence-corrected chi connectivity index (χ0v) is 14.7. The van der Waals surface area contributed by atoms with Crippen LogP contribution in [0.1, 0.15) is 27.9 Å². The molecule has 0 atom stereocenters. The molecule has 25 heavy (non-hydrogen) atoms. The van der Waals surface area contributed by atoms with Gasteiger partial charge in [0, 0.05) is 10.6 Å². The highest BCUT2D eigenvalue weighted by Gasteiger charge is 2.04. The van der Waals surface area contributed by atoms with Crippen LogP contribution in [0.4, 0.5) is 0 Å². The van der Waals surface area contributed by atoms with E-state index in [1.165, 1.54) is 11.1 Å². The summed E-state index contributed by atoms with van der Waals surface area (Å²) >= 11 is 6.20. The van der Waals surface area contributed by atoms with Gasteiger partial charge in [-0.15, -0.1) is 0 Å². The Morgan fingerprint density at radius 3 is 2.32 bits per heavy atom. The molecule has 3 aromatic rings. The molecule has 126 valence electrons. The number of hydrogen-bond acceptors (Lipinski definition) is 1. The number of carbonyl (C=O) groups is 1. The maximum atomic E-state index is 11.3. The molecular formula is C22H20ClNO. The fourth-order valence-corrected chi connectivity index (χ4v) is 3.13. The van der Waals surface area contributed by atoms with Gasteiger partial charge in [-0.1, -0.05) is 66.2 Å². The van der Waals surface area contributed by atoms with Crippen molar-refractivity contribution in [2.24, 2.45) is 5.73 Å². The third kappa shape index (κ3) is 4.49. The quantitative estimate of drug-likeness (QED) is 0.646. The van der Waals surface area contributed by atoms with Crippen LogP contribution in [0.25, 0.3) is 11.1 Å². The lowest BCUT2D eigenvalue weighted by atomic mass is 9.99. The van der Waals surface area contributed by atoms with Crippen molar-refractivity contribution >= 4 is 17.5 Å². The summed E-state index contributed by atoms with van der Waals surface area (Å²) in [6.07, 6.45) is 3.04. The number of primary amides is 1. The molecule has 0 spiro atoms. The number of amides is 1. The summed E-state index contributed by atoms with van der Waals surface area (Å²) in [7, 11) is 0. The van der Waals surface area contributed by atoms with Gasteiger partial charge >= 0.3 is 0 Å². The van der Waals surface area contributed by atoms with Crippen molar-refractivity contribution in [3.8, 4) is 11.1 Å². The average molecular weight is 350 g/mol. The second-order valence-corrected chi connectivity index (χ2v) is 6.49. The molecule has 0 aliphatic carbocycles. The molecule has 0 aromatic heterocycles. The molecule has 0 radical (unpaired) electrons. The van der Waals surface area contributed by atoms with Crippen LogP contribution in [-0.2, 0) is 12.8 Å². The Hall–Kier alpha value is -2.58. The van der Waals surface area contributed by atoms with E-state index in [9.17, 15) is 4.79 Å². The van der Waals surface area contributed by atoms with Gasteiger partial charge in [0.25, 0.3) is 0 Å². The first-order valence-corrected chi connectivity index (χ1v) is 8.74. The van der Waals surface area contributed by atoms with Crippen LogP contribution in [0.15, 0.2) is 72.8 Å². The van der Waals surface area contributed by atoms with Gasteiger partial charge in [-0.3, -0.25) is 4.79 Å². The van der Waals surface area contributed by atoms with E-state index in [1.54, 1.807) is 6.07 Å². The first-order chi connectivity index (χ1) is 12.1. The second kappa shape index (κ2) is 8.00. The summed E-state index contributed by atoms with van der Waals surface area (Å²) in [5.41, 5.74) is 10.5. The smallest absolute Gasteiger partial charge is 0.248 e. The van der Waals surface area contributed by atoms with Gasteiger partial charge in [0.1, 0.15) is 0 Å². The van der Waals surface area contributed by atoms with E-state index >= 15 is 0 Å². The number of rotatable bonds is 6. The van der Waals surface area contributed by atoms with Gasteiger partial charge in [0.2, 0.25) is 5.91 Å². The summed E-state index contributed by atoms with van der Waals surface area (Å²) in [5, 5.41) is 0.840. The third-order valence-electron chi connectivity index (χ3n) is 4.30. The SMILES string of the molecule is NC(=O)c1cccc(-c2ccc(CCCc3ccccc3Cl)cc2)c1. The molecule has 0 bridgehead atoms. The highest BCUT2D eigenvalue weighted by molar-refractivity contribution is 6.31. The minimum Gasteiger partial charge on any atom is -0.366 e. The van der Waals surface area contributed by atoms with E-state index in [4.69, 9.17) is 17.3 Å². The zero-order valence-electron chi connectivity index (χ0n) is 13.9. The molecule has 2 nitrogen and oxygen atoms in total. The second-order valence-electron chi connectivity index (χ2n) is 6.09. The van der Waals surface area contributed by atoms with Gasteiger partial charge in [-0.05, 0) is 59.7 Å². The number of nitrogens with two attached hydrogens (primary N) is 1. The molecule has 0 saturated heterocycles. The summed E-state index contributed by atoms with van der Waals surface area (Å²) in [6.45, 7) is 0. The fraction of sp³-hybridized carbons (Fsp3) is 0.136. The van der Waals surface area contributed by atoms with Gasteiger partial charge in [-0.2, -0.15) is 0 Å². The summed E-state index contributed by atoms with van der Waals surface area (Å²) < 4.78 is 0. The Bertz CT molecular complexity index is 871. The highest BCUT2D eigenvalue weighted by Crippen LogP contribution is 2.22. The lowest BCUT2D eigenvalue weighted by Crippen LogP contribution is -2.10. The van der Waals surface area contributed by atoms with Crippen LogP contribution < -0.4 is 5.73 Å². The first-order valence-electron chi connectivity index (χ1n) is 8.36. The highest BCUT2D eigenvalue weighted by atomic mass is 35.5. The monoisotopic (exact) mass is 349 g/mol. The molecule has 0 heterocycles. The van der Waals surface area contributed by atoms with Crippen LogP contribution in [-0.4, -0.2) is 5.91 Å². The van der Waals surface area contributed by atoms with Crippen molar-refractivity contribution < 1.29 is 4.79 Å². The Morgan fingerprint density at radius 2 is 1.60 bits per heavy atom.